The molecule has 15 heavy (non-hydrogen) atoms. The van der Waals surface area contributed by atoms with Gasteiger partial charge in [-0.15, -0.1) is 0 Å². The van der Waals surface area contributed by atoms with Gasteiger partial charge < -0.3 is 15.3 Å². The van der Waals surface area contributed by atoms with Crippen molar-refractivity contribution in [3.63, 3.8) is 0 Å². The van der Waals surface area contributed by atoms with E-state index in [4.69, 9.17) is 5.11 Å². The molecule has 0 heterocycles. The van der Waals surface area contributed by atoms with E-state index in [0.29, 0.717) is 11.1 Å². The summed E-state index contributed by atoms with van der Waals surface area (Å²) >= 11 is 0. The molecule has 3 N–H and O–H groups in total. The van der Waals surface area contributed by atoms with Crippen LogP contribution in [0, 0.1) is 5.92 Å². The number of carbonyl (C=O) groups is 1. The standard InChI is InChI=1S/C11H10O4/c12-10(13)8-1-2-9-6-11(14,15)4-3-7(9)5-8/h1-6,8,14-15H,(H,12,13). The monoisotopic (exact) mass is 206 g/mol. The first-order valence-electron chi connectivity index (χ1n) is 4.48. The second-order valence-corrected chi connectivity index (χ2v) is 3.56. The zero-order chi connectivity index (χ0) is 11.1. The lowest BCUT2D eigenvalue weighted by atomic mass is 9.88. The Kier molecular flexibility index (Phi) is 2.10. The maximum atomic E-state index is 10.7. The third-order valence-corrected chi connectivity index (χ3v) is 2.34. The first kappa shape index (κ1) is 9.89. The quantitative estimate of drug-likeness (QED) is 0.541. The average molecular weight is 206 g/mol. The summed E-state index contributed by atoms with van der Waals surface area (Å²) in [5.74, 6) is -3.50. The third-order valence-electron chi connectivity index (χ3n) is 2.34. The summed E-state index contributed by atoms with van der Waals surface area (Å²) in [5, 5.41) is 27.4. The van der Waals surface area contributed by atoms with Gasteiger partial charge in [0.25, 0.3) is 0 Å². The van der Waals surface area contributed by atoms with E-state index in [2.05, 4.69) is 0 Å². The summed E-state index contributed by atoms with van der Waals surface area (Å²) in [6.45, 7) is 0. The summed E-state index contributed by atoms with van der Waals surface area (Å²) in [4.78, 5) is 10.7. The topological polar surface area (TPSA) is 77.8 Å². The van der Waals surface area contributed by atoms with E-state index in [0.717, 1.165) is 0 Å². The molecule has 0 aliphatic heterocycles. The fraction of sp³-hybridized carbons (Fsp3) is 0.182. The van der Waals surface area contributed by atoms with Crippen molar-refractivity contribution in [2.75, 3.05) is 0 Å². The number of hydrogen-bond donors (Lipinski definition) is 3. The molecule has 0 aromatic heterocycles. The number of carboxylic acids is 1. The molecule has 0 amide bonds. The average Bonchev–Trinajstić information content (AvgIpc) is 2.15. The minimum absolute atomic E-state index is 0.625. The fourth-order valence-corrected chi connectivity index (χ4v) is 1.58. The molecular formula is C11H10O4. The molecule has 4 heteroatoms. The van der Waals surface area contributed by atoms with Crippen LogP contribution >= 0.6 is 0 Å². The SMILES string of the molecule is O=C(O)C1C=CC2=CC(O)(O)C=CC2=C1. The molecule has 0 aromatic rings. The second kappa shape index (κ2) is 3.18. The Bertz CT molecular complexity index is 424. The van der Waals surface area contributed by atoms with E-state index >= 15 is 0 Å². The first-order chi connectivity index (χ1) is 6.98. The normalized spacial score (nSPS) is 26.7. The molecule has 0 bridgehead atoms. The maximum absolute atomic E-state index is 10.7. The molecule has 2 aliphatic carbocycles. The van der Waals surface area contributed by atoms with Crippen molar-refractivity contribution < 1.29 is 20.1 Å². The van der Waals surface area contributed by atoms with Crippen molar-refractivity contribution in [2.24, 2.45) is 5.92 Å². The van der Waals surface area contributed by atoms with Gasteiger partial charge in [-0.05, 0) is 23.3 Å². The van der Waals surface area contributed by atoms with Gasteiger partial charge in [-0.3, -0.25) is 4.79 Å². The van der Waals surface area contributed by atoms with E-state index in [1.54, 1.807) is 12.2 Å². The lowest BCUT2D eigenvalue weighted by molar-refractivity contribution is -0.138. The predicted molar refractivity (Wildman–Crippen MR) is 52.7 cm³/mol. The number of allylic oxidation sites excluding steroid dienone is 4. The number of aliphatic hydroxyl groups is 2. The number of fused-ring (bicyclic) bond motifs is 1. The van der Waals surface area contributed by atoms with Crippen LogP contribution in [0.5, 0.6) is 0 Å². The van der Waals surface area contributed by atoms with Crippen molar-refractivity contribution in [1.82, 2.24) is 0 Å². The molecule has 0 radical (unpaired) electrons. The van der Waals surface area contributed by atoms with Gasteiger partial charge >= 0.3 is 5.97 Å². The van der Waals surface area contributed by atoms with E-state index < -0.39 is 17.7 Å². The summed E-state index contributed by atoms with van der Waals surface area (Å²) < 4.78 is 0. The highest BCUT2D eigenvalue weighted by Gasteiger charge is 2.24. The molecular weight excluding hydrogens is 196 g/mol. The van der Waals surface area contributed by atoms with Crippen molar-refractivity contribution >= 4 is 5.97 Å². The highest BCUT2D eigenvalue weighted by Crippen LogP contribution is 2.29. The molecule has 2 aliphatic rings. The van der Waals surface area contributed by atoms with E-state index in [-0.39, 0.29) is 0 Å². The maximum Gasteiger partial charge on any atom is 0.314 e. The fourth-order valence-electron chi connectivity index (χ4n) is 1.58. The zero-order valence-electron chi connectivity index (χ0n) is 7.79. The van der Waals surface area contributed by atoms with Crippen molar-refractivity contribution in [2.45, 2.75) is 5.79 Å². The van der Waals surface area contributed by atoms with Gasteiger partial charge in [0.2, 0.25) is 5.79 Å². The van der Waals surface area contributed by atoms with Crippen molar-refractivity contribution in [1.29, 1.82) is 0 Å². The van der Waals surface area contributed by atoms with Gasteiger partial charge in [-0.2, -0.15) is 0 Å². The highest BCUT2D eigenvalue weighted by molar-refractivity contribution is 5.77. The number of rotatable bonds is 1. The van der Waals surface area contributed by atoms with Crippen LogP contribution in [0.3, 0.4) is 0 Å². The van der Waals surface area contributed by atoms with Gasteiger partial charge in [0, 0.05) is 0 Å². The van der Waals surface area contributed by atoms with Crippen LogP contribution in [0.4, 0.5) is 0 Å². The number of aliphatic carboxylic acids is 1. The molecule has 0 saturated carbocycles. The molecule has 0 aromatic carbocycles. The van der Waals surface area contributed by atoms with E-state index in [1.165, 1.54) is 24.3 Å². The third kappa shape index (κ3) is 1.91. The van der Waals surface area contributed by atoms with Gasteiger partial charge in [0.05, 0.1) is 5.92 Å². The van der Waals surface area contributed by atoms with Crippen LogP contribution in [0.2, 0.25) is 0 Å². The Morgan fingerprint density at radius 3 is 2.67 bits per heavy atom. The Hall–Kier alpha value is -1.65. The van der Waals surface area contributed by atoms with Gasteiger partial charge in [-0.1, -0.05) is 24.3 Å². The van der Waals surface area contributed by atoms with Crippen molar-refractivity contribution in [3.05, 3.63) is 47.6 Å². The van der Waals surface area contributed by atoms with Gasteiger partial charge in [0.1, 0.15) is 0 Å². The number of hydrogen-bond acceptors (Lipinski definition) is 3. The Morgan fingerprint density at radius 1 is 1.27 bits per heavy atom. The Labute approximate surface area is 86.2 Å². The van der Waals surface area contributed by atoms with Gasteiger partial charge in [-0.25, -0.2) is 0 Å². The molecule has 0 fully saturated rings. The first-order valence-corrected chi connectivity index (χ1v) is 4.48. The molecule has 0 spiro atoms. The summed E-state index contributed by atoms with van der Waals surface area (Å²) in [6, 6.07) is 0. The molecule has 0 saturated heterocycles. The lowest BCUT2D eigenvalue weighted by Crippen LogP contribution is -2.25. The van der Waals surface area contributed by atoms with Crippen LogP contribution in [0.25, 0.3) is 0 Å². The minimum Gasteiger partial charge on any atom is -0.481 e. The van der Waals surface area contributed by atoms with Crippen LogP contribution in [0.1, 0.15) is 0 Å². The largest absolute Gasteiger partial charge is 0.481 e. The Balaban J connectivity index is 2.35. The molecule has 1 atom stereocenters. The van der Waals surface area contributed by atoms with Crippen LogP contribution in [0.15, 0.2) is 47.6 Å². The van der Waals surface area contributed by atoms with E-state index in [1.807, 2.05) is 0 Å². The lowest BCUT2D eigenvalue weighted by Gasteiger charge is -2.22. The van der Waals surface area contributed by atoms with Crippen LogP contribution in [-0.4, -0.2) is 27.1 Å². The Morgan fingerprint density at radius 2 is 2.00 bits per heavy atom. The molecule has 2 rings (SSSR count). The second-order valence-electron chi connectivity index (χ2n) is 3.56. The minimum atomic E-state index is -1.94. The molecule has 4 nitrogen and oxygen atoms in total. The summed E-state index contributed by atoms with van der Waals surface area (Å²) in [6.07, 6.45) is 8.65. The predicted octanol–water partition coefficient (Wildman–Crippen LogP) is 0.361. The van der Waals surface area contributed by atoms with Crippen LogP contribution in [-0.2, 0) is 4.79 Å². The number of carboxylic acid groups (broad SMARTS) is 1. The molecule has 78 valence electrons. The van der Waals surface area contributed by atoms with E-state index in [9.17, 15) is 15.0 Å². The highest BCUT2D eigenvalue weighted by atomic mass is 16.5. The smallest absolute Gasteiger partial charge is 0.314 e. The summed E-state index contributed by atoms with van der Waals surface area (Å²) in [7, 11) is 0. The summed E-state index contributed by atoms with van der Waals surface area (Å²) in [5.41, 5.74) is 1.32. The van der Waals surface area contributed by atoms with Crippen LogP contribution < -0.4 is 0 Å². The molecule has 1 unspecified atom stereocenters. The zero-order valence-corrected chi connectivity index (χ0v) is 7.79. The van der Waals surface area contributed by atoms with Crippen molar-refractivity contribution in [3.8, 4) is 0 Å². The van der Waals surface area contributed by atoms with Gasteiger partial charge in [0.15, 0.2) is 0 Å².